The molecule has 0 saturated carbocycles. The Morgan fingerprint density at radius 2 is 2.29 bits per heavy atom. The maximum atomic E-state index is 12.4. The number of nitrogens with zero attached hydrogens (tertiary/aromatic N) is 3. The molecule has 0 aromatic carbocycles. The minimum absolute atomic E-state index is 0.0102. The van der Waals surface area contributed by atoms with Gasteiger partial charge in [-0.25, -0.2) is 4.98 Å². The van der Waals surface area contributed by atoms with Crippen molar-refractivity contribution in [3.8, 4) is 5.88 Å². The SMILES string of the molecule is O=C(c1cncc(Br)c1)N1CCC(Oc2ccccn2)C1. The van der Waals surface area contributed by atoms with Gasteiger partial charge in [0.05, 0.1) is 12.1 Å². The molecule has 1 saturated heterocycles. The van der Waals surface area contributed by atoms with Crippen LogP contribution in [0.2, 0.25) is 0 Å². The van der Waals surface area contributed by atoms with Crippen LogP contribution in [0.3, 0.4) is 0 Å². The van der Waals surface area contributed by atoms with E-state index in [0.29, 0.717) is 24.5 Å². The van der Waals surface area contributed by atoms with Crippen molar-refractivity contribution < 1.29 is 9.53 Å². The molecule has 2 aromatic rings. The zero-order valence-electron chi connectivity index (χ0n) is 11.3. The van der Waals surface area contributed by atoms with Gasteiger partial charge in [0.1, 0.15) is 6.10 Å². The van der Waals surface area contributed by atoms with E-state index < -0.39 is 0 Å². The largest absolute Gasteiger partial charge is 0.472 e. The molecule has 0 spiro atoms. The Morgan fingerprint density at radius 1 is 1.38 bits per heavy atom. The summed E-state index contributed by atoms with van der Waals surface area (Å²) >= 11 is 3.33. The Kier molecular flexibility index (Phi) is 4.15. The van der Waals surface area contributed by atoms with E-state index >= 15 is 0 Å². The minimum atomic E-state index is -0.0177. The van der Waals surface area contributed by atoms with Crippen LogP contribution in [0.4, 0.5) is 0 Å². The Labute approximate surface area is 131 Å². The Bertz CT molecular complexity index is 636. The minimum Gasteiger partial charge on any atom is -0.472 e. The summed E-state index contributed by atoms with van der Waals surface area (Å²) in [4.78, 5) is 22.3. The van der Waals surface area contributed by atoms with E-state index in [4.69, 9.17) is 4.74 Å². The zero-order chi connectivity index (χ0) is 14.7. The second-order valence-corrected chi connectivity index (χ2v) is 5.76. The number of hydrogen-bond acceptors (Lipinski definition) is 4. The quantitative estimate of drug-likeness (QED) is 0.855. The summed E-state index contributed by atoms with van der Waals surface area (Å²) < 4.78 is 6.59. The van der Waals surface area contributed by atoms with Gasteiger partial charge in [0.25, 0.3) is 5.91 Å². The second-order valence-electron chi connectivity index (χ2n) is 4.84. The molecular formula is C15H14BrN3O2. The van der Waals surface area contributed by atoms with E-state index in [2.05, 4.69) is 25.9 Å². The lowest BCUT2D eigenvalue weighted by atomic mass is 10.2. The molecule has 1 atom stereocenters. The molecule has 3 heterocycles. The zero-order valence-corrected chi connectivity index (χ0v) is 12.9. The van der Waals surface area contributed by atoms with Crippen LogP contribution in [0, 0.1) is 0 Å². The van der Waals surface area contributed by atoms with Crippen molar-refractivity contribution in [3.05, 3.63) is 52.9 Å². The third-order valence-electron chi connectivity index (χ3n) is 3.31. The third-order valence-corrected chi connectivity index (χ3v) is 3.74. The molecule has 0 bridgehead atoms. The van der Waals surface area contributed by atoms with Crippen molar-refractivity contribution in [3.63, 3.8) is 0 Å². The first-order valence-electron chi connectivity index (χ1n) is 6.70. The number of carbonyl (C=O) groups excluding carboxylic acids is 1. The van der Waals surface area contributed by atoms with Gasteiger partial charge in [-0.3, -0.25) is 9.78 Å². The summed E-state index contributed by atoms with van der Waals surface area (Å²) in [6.07, 6.45) is 5.74. The Hall–Kier alpha value is -1.95. The van der Waals surface area contributed by atoms with E-state index in [0.717, 1.165) is 10.9 Å². The van der Waals surface area contributed by atoms with Gasteiger partial charge in [-0.2, -0.15) is 0 Å². The van der Waals surface area contributed by atoms with Gasteiger partial charge in [0, 0.05) is 42.1 Å². The number of amides is 1. The first kappa shape index (κ1) is 14.0. The molecule has 5 nitrogen and oxygen atoms in total. The van der Waals surface area contributed by atoms with E-state index in [1.807, 2.05) is 18.2 Å². The summed E-state index contributed by atoms with van der Waals surface area (Å²) in [5, 5.41) is 0. The van der Waals surface area contributed by atoms with Crippen LogP contribution in [0.25, 0.3) is 0 Å². The highest BCUT2D eigenvalue weighted by molar-refractivity contribution is 9.10. The highest BCUT2D eigenvalue weighted by atomic mass is 79.9. The van der Waals surface area contributed by atoms with Crippen molar-refractivity contribution in [2.75, 3.05) is 13.1 Å². The lowest BCUT2D eigenvalue weighted by Gasteiger charge is -2.17. The molecule has 1 unspecified atom stereocenters. The average Bonchev–Trinajstić information content (AvgIpc) is 2.96. The number of pyridine rings is 2. The van der Waals surface area contributed by atoms with Gasteiger partial charge in [-0.05, 0) is 28.1 Å². The fraction of sp³-hybridized carbons (Fsp3) is 0.267. The van der Waals surface area contributed by atoms with E-state index in [1.54, 1.807) is 29.6 Å². The molecule has 0 N–H and O–H groups in total. The van der Waals surface area contributed by atoms with Crippen LogP contribution < -0.4 is 4.74 Å². The van der Waals surface area contributed by atoms with E-state index in [-0.39, 0.29) is 12.0 Å². The number of halogens is 1. The van der Waals surface area contributed by atoms with Crippen molar-refractivity contribution in [2.24, 2.45) is 0 Å². The van der Waals surface area contributed by atoms with Crippen LogP contribution >= 0.6 is 15.9 Å². The van der Waals surface area contributed by atoms with Gasteiger partial charge >= 0.3 is 0 Å². The molecule has 108 valence electrons. The average molecular weight is 348 g/mol. The van der Waals surface area contributed by atoms with Gasteiger partial charge in [-0.1, -0.05) is 6.07 Å². The number of ether oxygens (including phenoxy) is 1. The molecule has 0 radical (unpaired) electrons. The second kappa shape index (κ2) is 6.22. The molecule has 6 heteroatoms. The molecule has 3 rings (SSSR count). The van der Waals surface area contributed by atoms with Crippen LogP contribution in [0.1, 0.15) is 16.8 Å². The number of likely N-dealkylation sites (tertiary alicyclic amines) is 1. The number of rotatable bonds is 3. The van der Waals surface area contributed by atoms with Crippen LogP contribution in [-0.4, -0.2) is 40.0 Å². The van der Waals surface area contributed by atoms with E-state index in [1.165, 1.54) is 0 Å². The lowest BCUT2D eigenvalue weighted by Crippen LogP contribution is -2.31. The number of hydrogen-bond donors (Lipinski definition) is 0. The van der Waals surface area contributed by atoms with Crippen LogP contribution in [0.15, 0.2) is 47.3 Å². The molecule has 1 fully saturated rings. The van der Waals surface area contributed by atoms with Crippen molar-refractivity contribution in [2.45, 2.75) is 12.5 Å². The molecule has 1 amide bonds. The van der Waals surface area contributed by atoms with Gasteiger partial charge in [0.15, 0.2) is 0 Å². The summed E-state index contributed by atoms with van der Waals surface area (Å²) in [5.74, 6) is 0.580. The first-order chi connectivity index (χ1) is 10.2. The summed E-state index contributed by atoms with van der Waals surface area (Å²) in [6.45, 7) is 1.25. The predicted octanol–water partition coefficient (Wildman–Crippen LogP) is 2.53. The normalized spacial score (nSPS) is 17.8. The standard InChI is InChI=1S/C15H14BrN3O2/c16-12-7-11(8-17-9-12)15(20)19-6-4-13(10-19)21-14-3-1-2-5-18-14/h1-3,5,7-9,13H,4,6,10H2. The van der Waals surface area contributed by atoms with Gasteiger partial charge in [0.2, 0.25) is 5.88 Å². The summed E-state index contributed by atoms with van der Waals surface area (Å²) in [7, 11) is 0. The maximum absolute atomic E-state index is 12.4. The first-order valence-corrected chi connectivity index (χ1v) is 7.49. The number of aromatic nitrogens is 2. The van der Waals surface area contributed by atoms with Crippen molar-refractivity contribution in [1.29, 1.82) is 0 Å². The van der Waals surface area contributed by atoms with Crippen molar-refractivity contribution in [1.82, 2.24) is 14.9 Å². The number of carbonyl (C=O) groups is 1. The molecule has 21 heavy (non-hydrogen) atoms. The summed E-state index contributed by atoms with van der Waals surface area (Å²) in [6, 6.07) is 7.33. The monoisotopic (exact) mass is 347 g/mol. The molecule has 1 aliphatic heterocycles. The molecular weight excluding hydrogens is 334 g/mol. The molecule has 1 aliphatic rings. The highest BCUT2D eigenvalue weighted by Crippen LogP contribution is 2.19. The Morgan fingerprint density at radius 3 is 3.05 bits per heavy atom. The summed E-state index contributed by atoms with van der Waals surface area (Å²) in [5.41, 5.74) is 0.586. The van der Waals surface area contributed by atoms with E-state index in [9.17, 15) is 4.79 Å². The fourth-order valence-corrected chi connectivity index (χ4v) is 2.67. The molecule has 0 aliphatic carbocycles. The highest BCUT2D eigenvalue weighted by Gasteiger charge is 2.28. The van der Waals surface area contributed by atoms with Gasteiger partial charge < -0.3 is 9.64 Å². The Balaban J connectivity index is 1.63. The third kappa shape index (κ3) is 3.39. The molecule has 2 aromatic heterocycles. The van der Waals surface area contributed by atoms with Crippen LogP contribution in [-0.2, 0) is 0 Å². The smallest absolute Gasteiger partial charge is 0.255 e. The predicted molar refractivity (Wildman–Crippen MR) is 81.1 cm³/mol. The fourth-order valence-electron chi connectivity index (χ4n) is 2.31. The van der Waals surface area contributed by atoms with Gasteiger partial charge in [-0.15, -0.1) is 0 Å². The maximum Gasteiger partial charge on any atom is 0.255 e. The topological polar surface area (TPSA) is 55.3 Å². The van der Waals surface area contributed by atoms with Crippen LogP contribution in [0.5, 0.6) is 5.88 Å². The van der Waals surface area contributed by atoms with Crippen molar-refractivity contribution >= 4 is 21.8 Å². The lowest BCUT2D eigenvalue weighted by molar-refractivity contribution is 0.0770.